The number of alkyl halides is 3. The smallest absolute Gasteiger partial charge is 0.418 e. The Bertz CT molecular complexity index is 1540. The number of nitrogens with one attached hydrogen (secondary N) is 2. The first-order valence-corrected chi connectivity index (χ1v) is 13.1. The summed E-state index contributed by atoms with van der Waals surface area (Å²) in [7, 11) is 1.49. The van der Waals surface area contributed by atoms with Gasteiger partial charge in [-0.15, -0.1) is 0 Å². The van der Waals surface area contributed by atoms with Crippen molar-refractivity contribution in [3.63, 3.8) is 0 Å². The number of ether oxygens (including phenoxy) is 2. The molecule has 41 heavy (non-hydrogen) atoms. The molecule has 0 amide bonds. The molecule has 0 radical (unpaired) electrons. The van der Waals surface area contributed by atoms with Gasteiger partial charge in [0.15, 0.2) is 11.5 Å². The van der Waals surface area contributed by atoms with E-state index in [9.17, 15) is 13.2 Å². The third-order valence-electron chi connectivity index (χ3n) is 6.91. The number of pyridine rings is 1. The summed E-state index contributed by atoms with van der Waals surface area (Å²) >= 11 is 0. The summed E-state index contributed by atoms with van der Waals surface area (Å²) < 4.78 is 52.7. The number of fused-ring (bicyclic) bond motifs is 1. The van der Waals surface area contributed by atoms with Crippen molar-refractivity contribution in [2.75, 3.05) is 43.6 Å². The molecule has 1 aliphatic heterocycles. The quantitative estimate of drug-likeness (QED) is 0.262. The second kappa shape index (κ2) is 12.3. The van der Waals surface area contributed by atoms with Crippen LogP contribution in [0.1, 0.15) is 24.0 Å². The van der Waals surface area contributed by atoms with Gasteiger partial charge in [-0.2, -0.15) is 18.4 Å². The molecule has 9 nitrogen and oxygen atoms in total. The SMILES string of the molecule is COc1cc2c(Nc3ccc(C#N)cc3C(F)(F)F)ncnc2cc1OCCCC1CNCCN1c1ccncc1. The summed E-state index contributed by atoms with van der Waals surface area (Å²) in [6.07, 6.45) is 1.90. The molecule has 2 aromatic heterocycles. The highest BCUT2D eigenvalue weighted by atomic mass is 19.4. The van der Waals surface area contributed by atoms with Crippen molar-refractivity contribution in [1.29, 1.82) is 5.26 Å². The van der Waals surface area contributed by atoms with E-state index in [0.717, 1.165) is 44.2 Å². The first-order chi connectivity index (χ1) is 19.9. The van der Waals surface area contributed by atoms with Gasteiger partial charge in [-0.1, -0.05) is 0 Å². The third kappa shape index (κ3) is 6.41. The molecule has 1 saturated heterocycles. The Morgan fingerprint density at radius 3 is 2.71 bits per heavy atom. The molecule has 1 fully saturated rings. The minimum absolute atomic E-state index is 0.0938. The normalized spacial score (nSPS) is 15.4. The highest BCUT2D eigenvalue weighted by molar-refractivity contribution is 5.93. The van der Waals surface area contributed by atoms with Gasteiger partial charge in [0, 0.05) is 55.2 Å². The highest BCUT2D eigenvalue weighted by Crippen LogP contribution is 2.39. The van der Waals surface area contributed by atoms with Crippen LogP contribution in [0.3, 0.4) is 0 Å². The molecule has 1 aliphatic rings. The largest absolute Gasteiger partial charge is 0.493 e. The Morgan fingerprint density at radius 1 is 1.12 bits per heavy atom. The number of hydrogen-bond donors (Lipinski definition) is 2. The number of nitrogens with zero attached hydrogens (tertiary/aromatic N) is 5. The molecular weight excluding hydrogens is 535 g/mol. The summed E-state index contributed by atoms with van der Waals surface area (Å²) in [6, 6.07) is 12.8. The maximum absolute atomic E-state index is 13.7. The van der Waals surface area contributed by atoms with Crippen LogP contribution in [-0.4, -0.2) is 54.3 Å². The zero-order chi connectivity index (χ0) is 28.8. The van der Waals surface area contributed by atoms with Crippen LogP contribution in [-0.2, 0) is 6.18 Å². The number of rotatable bonds is 9. The molecule has 212 valence electrons. The molecule has 12 heteroatoms. The van der Waals surface area contributed by atoms with Crippen molar-refractivity contribution in [1.82, 2.24) is 20.3 Å². The number of piperazine rings is 1. The van der Waals surface area contributed by atoms with Crippen LogP contribution in [0.4, 0.5) is 30.4 Å². The summed E-state index contributed by atoms with van der Waals surface area (Å²) in [5.74, 6) is 1.05. The zero-order valence-electron chi connectivity index (χ0n) is 22.3. The van der Waals surface area contributed by atoms with Gasteiger partial charge >= 0.3 is 6.18 Å². The first kappa shape index (κ1) is 27.9. The average molecular weight is 564 g/mol. The topological polar surface area (TPSA) is 108 Å². The molecule has 2 aromatic carbocycles. The predicted molar refractivity (Wildman–Crippen MR) is 149 cm³/mol. The average Bonchev–Trinajstić information content (AvgIpc) is 2.99. The van der Waals surface area contributed by atoms with Crippen LogP contribution in [0.25, 0.3) is 10.9 Å². The number of benzene rings is 2. The van der Waals surface area contributed by atoms with E-state index >= 15 is 0 Å². The van der Waals surface area contributed by atoms with Crippen LogP contribution in [0, 0.1) is 11.3 Å². The van der Waals surface area contributed by atoms with Crippen LogP contribution < -0.4 is 25.0 Å². The molecular formula is C29H28F3N7O2. The minimum atomic E-state index is -4.67. The lowest BCUT2D eigenvalue weighted by Gasteiger charge is -2.38. The van der Waals surface area contributed by atoms with Crippen molar-refractivity contribution in [3.05, 3.63) is 72.3 Å². The van der Waals surface area contributed by atoms with E-state index in [1.165, 1.54) is 25.6 Å². The number of anilines is 3. The molecule has 3 heterocycles. The lowest BCUT2D eigenvalue weighted by atomic mass is 10.1. The number of halogens is 3. The van der Waals surface area contributed by atoms with Crippen LogP contribution >= 0.6 is 0 Å². The second-order valence-corrected chi connectivity index (χ2v) is 9.48. The lowest BCUT2D eigenvalue weighted by molar-refractivity contribution is -0.136. The maximum Gasteiger partial charge on any atom is 0.418 e. The zero-order valence-corrected chi connectivity index (χ0v) is 22.3. The Morgan fingerprint density at radius 2 is 1.95 bits per heavy atom. The van der Waals surface area contributed by atoms with Gasteiger partial charge in [0.05, 0.1) is 42.1 Å². The van der Waals surface area contributed by atoms with Crippen molar-refractivity contribution < 1.29 is 22.6 Å². The van der Waals surface area contributed by atoms with E-state index in [1.807, 2.05) is 12.1 Å². The fourth-order valence-corrected chi connectivity index (χ4v) is 4.92. The molecule has 0 saturated carbocycles. The van der Waals surface area contributed by atoms with Gasteiger partial charge in [0.25, 0.3) is 0 Å². The number of aromatic nitrogens is 3. The Labute approximate surface area is 235 Å². The fraction of sp³-hybridized carbons (Fsp3) is 0.310. The molecule has 5 rings (SSSR count). The number of hydrogen-bond acceptors (Lipinski definition) is 9. The highest BCUT2D eigenvalue weighted by Gasteiger charge is 2.34. The van der Waals surface area contributed by atoms with E-state index in [-0.39, 0.29) is 17.1 Å². The molecule has 0 spiro atoms. The number of methoxy groups -OCH3 is 1. The summed E-state index contributed by atoms with van der Waals surface area (Å²) in [5, 5.41) is 15.7. The lowest BCUT2D eigenvalue weighted by Crippen LogP contribution is -2.51. The minimum Gasteiger partial charge on any atom is -0.493 e. The predicted octanol–water partition coefficient (Wildman–Crippen LogP) is 5.30. The van der Waals surface area contributed by atoms with E-state index in [0.29, 0.717) is 35.1 Å². The van der Waals surface area contributed by atoms with E-state index in [1.54, 1.807) is 30.6 Å². The van der Waals surface area contributed by atoms with E-state index in [2.05, 4.69) is 30.5 Å². The van der Waals surface area contributed by atoms with Gasteiger partial charge in [-0.25, -0.2) is 9.97 Å². The van der Waals surface area contributed by atoms with Gasteiger partial charge in [-0.05, 0) is 49.2 Å². The summed E-state index contributed by atoms with van der Waals surface area (Å²) in [6.45, 7) is 3.16. The van der Waals surface area contributed by atoms with E-state index in [4.69, 9.17) is 14.7 Å². The van der Waals surface area contributed by atoms with Crippen molar-refractivity contribution in [2.24, 2.45) is 0 Å². The van der Waals surface area contributed by atoms with Crippen molar-refractivity contribution >= 4 is 28.1 Å². The standard InChI is InChI=1S/C29H28F3N7O2/c1-40-26-14-22-25(36-18-37-28(22)38-24-5-4-19(16-33)13-23(24)29(30,31)32)15-27(26)41-12-2-3-21-17-35-10-11-39(21)20-6-8-34-9-7-20/h4-9,13-15,18,21,35H,2-3,10-12,17H2,1H3,(H,36,37,38). The molecule has 1 unspecified atom stereocenters. The van der Waals surface area contributed by atoms with Gasteiger partial charge < -0.3 is 25.0 Å². The summed E-state index contributed by atoms with van der Waals surface area (Å²) in [4.78, 5) is 15.0. The maximum atomic E-state index is 13.7. The van der Waals surface area contributed by atoms with Crippen molar-refractivity contribution in [3.8, 4) is 17.6 Å². The molecule has 1 atom stereocenters. The summed E-state index contributed by atoms with van der Waals surface area (Å²) in [5.41, 5.74) is 0.334. The van der Waals surface area contributed by atoms with Crippen LogP contribution in [0.2, 0.25) is 0 Å². The Balaban J connectivity index is 1.31. The van der Waals surface area contributed by atoms with Crippen molar-refractivity contribution in [2.45, 2.75) is 25.1 Å². The third-order valence-corrected chi connectivity index (χ3v) is 6.91. The van der Waals surface area contributed by atoms with Crippen LogP contribution in [0.15, 0.2) is 61.2 Å². The fourth-order valence-electron chi connectivity index (χ4n) is 4.92. The van der Waals surface area contributed by atoms with Crippen LogP contribution in [0.5, 0.6) is 11.5 Å². The second-order valence-electron chi connectivity index (χ2n) is 9.48. The van der Waals surface area contributed by atoms with E-state index < -0.39 is 11.7 Å². The molecule has 0 aliphatic carbocycles. The first-order valence-electron chi connectivity index (χ1n) is 13.1. The Kier molecular flexibility index (Phi) is 8.35. The number of nitriles is 1. The van der Waals surface area contributed by atoms with Gasteiger partial charge in [0.2, 0.25) is 0 Å². The van der Waals surface area contributed by atoms with Gasteiger partial charge in [0.1, 0.15) is 12.1 Å². The molecule has 2 N–H and O–H groups in total. The Hall–Kier alpha value is -4.63. The monoisotopic (exact) mass is 563 g/mol. The van der Waals surface area contributed by atoms with Gasteiger partial charge in [-0.3, -0.25) is 4.98 Å². The molecule has 4 aromatic rings. The molecule has 0 bridgehead atoms.